The second-order valence-corrected chi connectivity index (χ2v) is 3.07. The first-order chi connectivity index (χ1) is 6.31. The summed E-state index contributed by atoms with van der Waals surface area (Å²) < 4.78 is 0. The highest BCUT2D eigenvalue weighted by Crippen LogP contribution is 2.30. The average Bonchev–Trinajstić information content (AvgIpc) is 2.18. The Labute approximate surface area is 76.7 Å². The van der Waals surface area contributed by atoms with E-state index in [2.05, 4.69) is 4.99 Å². The van der Waals surface area contributed by atoms with Crippen LogP contribution in [0.4, 0.5) is 11.4 Å². The normalized spacial score (nSPS) is 14.8. The van der Waals surface area contributed by atoms with Crippen molar-refractivity contribution in [1.29, 1.82) is 0 Å². The lowest BCUT2D eigenvalue weighted by Gasteiger charge is -2.24. The molecular formula is C10H10N2O. The Bertz CT molecular complexity index is 371. The number of carbonyl (C=O) groups is 1. The van der Waals surface area contributed by atoms with Crippen LogP contribution >= 0.6 is 0 Å². The molecule has 0 bridgehead atoms. The number of hydrogen-bond acceptors (Lipinski definition) is 3. The highest BCUT2D eigenvalue weighted by molar-refractivity contribution is 6.31. The summed E-state index contributed by atoms with van der Waals surface area (Å²) >= 11 is 0. The van der Waals surface area contributed by atoms with Crippen LogP contribution in [0.3, 0.4) is 0 Å². The molecule has 0 atom stereocenters. The monoisotopic (exact) mass is 174 g/mol. The predicted octanol–water partition coefficient (Wildman–Crippen LogP) is 1.41. The summed E-state index contributed by atoms with van der Waals surface area (Å²) in [7, 11) is 1.96. The number of benzene rings is 1. The number of nitrogens with zero attached hydrogens (tertiary/aromatic N) is 2. The Hall–Kier alpha value is -1.64. The van der Waals surface area contributed by atoms with Crippen molar-refractivity contribution < 1.29 is 4.79 Å². The van der Waals surface area contributed by atoms with Gasteiger partial charge in [-0.3, -0.25) is 4.79 Å². The lowest BCUT2D eigenvalue weighted by Crippen LogP contribution is -2.28. The van der Waals surface area contributed by atoms with E-state index in [-0.39, 0.29) is 0 Å². The van der Waals surface area contributed by atoms with E-state index in [4.69, 9.17) is 0 Å². The Balaban J connectivity index is 2.52. The third-order valence-electron chi connectivity index (χ3n) is 2.09. The number of hydrogen-bond donors (Lipinski definition) is 0. The molecule has 0 N–H and O–H groups in total. The maximum absolute atomic E-state index is 10.6. The van der Waals surface area contributed by atoms with E-state index < -0.39 is 0 Å². The zero-order valence-corrected chi connectivity index (χ0v) is 7.40. The lowest BCUT2D eigenvalue weighted by atomic mass is 10.2. The molecule has 0 spiro atoms. The quantitative estimate of drug-likeness (QED) is 0.603. The Morgan fingerprint density at radius 1 is 1.46 bits per heavy atom. The standard InChI is InChI=1S/C10H10N2O/c1-12-6-8(7-13)11-9-4-2-3-5-10(9)12/h2-5,7H,6H2,1H3. The van der Waals surface area contributed by atoms with Crippen molar-refractivity contribution in [2.24, 2.45) is 4.99 Å². The molecule has 0 amide bonds. The first kappa shape index (κ1) is 7.98. The number of rotatable bonds is 1. The number of aliphatic imine (C=N–C) groups is 1. The highest BCUT2D eigenvalue weighted by Gasteiger charge is 2.14. The second kappa shape index (κ2) is 3.01. The molecular weight excluding hydrogens is 164 g/mol. The third-order valence-corrected chi connectivity index (χ3v) is 2.09. The van der Waals surface area contributed by atoms with Crippen LogP contribution in [-0.4, -0.2) is 25.6 Å². The van der Waals surface area contributed by atoms with Gasteiger partial charge < -0.3 is 4.90 Å². The minimum atomic E-state index is 0.584. The van der Waals surface area contributed by atoms with E-state index in [9.17, 15) is 4.79 Å². The van der Waals surface area contributed by atoms with Crippen molar-refractivity contribution in [3.8, 4) is 0 Å². The van der Waals surface area contributed by atoms with Crippen molar-refractivity contribution in [2.75, 3.05) is 18.5 Å². The van der Waals surface area contributed by atoms with Gasteiger partial charge in [-0.2, -0.15) is 0 Å². The van der Waals surface area contributed by atoms with E-state index in [0.29, 0.717) is 12.3 Å². The van der Waals surface area contributed by atoms with Crippen molar-refractivity contribution in [2.45, 2.75) is 0 Å². The van der Waals surface area contributed by atoms with E-state index >= 15 is 0 Å². The Kier molecular flexibility index (Phi) is 1.85. The van der Waals surface area contributed by atoms with Gasteiger partial charge in [0.25, 0.3) is 0 Å². The molecule has 0 aromatic heterocycles. The average molecular weight is 174 g/mol. The maximum Gasteiger partial charge on any atom is 0.166 e. The highest BCUT2D eigenvalue weighted by atomic mass is 16.1. The van der Waals surface area contributed by atoms with Crippen LogP contribution in [0.15, 0.2) is 29.3 Å². The lowest BCUT2D eigenvalue weighted by molar-refractivity contribution is -0.102. The fraction of sp³-hybridized carbons (Fsp3) is 0.200. The predicted molar refractivity (Wildman–Crippen MR) is 52.9 cm³/mol. The van der Waals surface area contributed by atoms with Crippen LogP contribution in [0.1, 0.15) is 0 Å². The minimum absolute atomic E-state index is 0.584. The molecule has 1 aromatic rings. The van der Waals surface area contributed by atoms with Crippen molar-refractivity contribution in [1.82, 2.24) is 0 Å². The molecule has 13 heavy (non-hydrogen) atoms. The molecule has 1 aromatic carbocycles. The second-order valence-electron chi connectivity index (χ2n) is 3.07. The van der Waals surface area contributed by atoms with Crippen LogP contribution in [-0.2, 0) is 4.79 Å². The molecule has 1 aliphatic rings. The van der Waals surface area contributed by atoms with Crippen LogP contribution in [0.25, 0.3) is 0 Å². The largest absolute Gasteiger partial charge is 0.367 e. The number of fused-ring (bicyclic) bond motifs is 1. The zero-order valence-electron chi connectivity index (χ0n) is 7.40. The number of aldehydes is 1. The number of para-hydroxylation sites is 2. The summed E-state index contributed by atoms with van der Waals surface area (Å²) in [5.41, 5.74) is 2.53. The third kappa shape index (κ3) is 1.33. The van der Waals surface area contributed by atoms with Gasteiger partial charge in [-0.1, -0.05) is 12.1 Å². The van der Waals surface area contributed by atoms with E-state index in [1.165, 1.54) is 0 Å². The summed E-state index contributed by atoms with van der Waals surface area (Å²) in [6.07, 6.45) is 0.812. The molecule has 0 saturated heterocycles. The summed E-state index contributed by atoms with van der Waals surface area (Å²) in [5.74, 6) is 0. The van der Waals surface area contributed by atoms with Gasteiger partial charge in [-0.05, 0) is 12.1 Å². The molecule has 0 aliphatic carbocycles. The minimum Gasteiger partial charge on any atom is -0.367 e. The van der Waals surface area contributed by atoms with E-state index in [0.717, 1.165) is 17.7 Å². The Morgan fingerprint density at radius 3 is 3.00 bits per heavy atom. The fourth-order valence-corrected chi connectivity index (χ4v) is 1.46. The summed E-state index contributed by atoms with van der Waals surface area (Å²) in [6.45, 7) is 0.598. The van der Waals surface area contributed by atoms with E-state index in [1.807, 2.05) is 36.2 Å². The molecule has 3 nitrogen and oxygen atoms in total. The smallest absolute Gasteiger partial charge is 0.166 e. The van der Waals surface area contributed by atoms with Crippen LogP contribution in [0.5, 0.6) is 0 Å². The van der Waals surface area contributed by atoms with Crippen molar-refractivity contribution in [3.05, 3.63) is 24.3 Å². The van der Waals surface area contributed by atoms with Gasteiger partial charge in [0.1, 0.15) is 5.71 Å². The SMILES string of the molecule is CN1CC(C=O)=Nc2ccccc21. The first-order valence-corrected chi connectivity index (χ1v) is 4.14. The first-order valence-electron chi connectivity index (χ1n) is 4.14. The van der Waals surface area contributed by atoms with Gasteiger partial charge in [-0.25, -0.2) is 4.99 Å². The van der Waals surface area contributed by atoms with E-state index in [1.54, 1.807) is 0 Å². The van der Waals surface area contributed by atoms with Gasteiger partial charge in [0.15, 0.2) is 6.29 Å². The zero-order chi connectivity index (χ0) is 9.26. The van der Waals surface area contributed by atoms with Gasteiger partial charge in [0, 0.05) is 7.05 Å². The van der Waals surface area contributed by atoms with Crippen molar-refractivity contribution in [3.63, 3.8) is 0 Å². The topological polar surface area (TPSA) is 32.7 Å². The van der Waals surface area contributed by atoms with Crippen LogP contribution < -0.4 is 4.90 Å². The number of carbonyl (C=O) groups excluding carboxylic acids is 1. The van der Waals surface area contributed by atoms with Gasteiger partial charge >= 0.3 is 0 Å². The molecule has 3 heteroatoms. The van der Waals surface area contributed by atoms with Crippen molar-refractivity contribution >= 4 is 23.4 Å². The van der Waals surface area contributed by atoms with Gasteiger partial charge in [0.05, 0.1) is 17.9 Å². The molecule has 2 rings (SSSR count). The van der Waals surface area contributed by atoms with Crippen LogP contribution in [0, 0.1) is 0 Å². The van der Waals surface area contributed by atoms with Gasteiger partial charge in [-0.15, -0.1) is 0 Å². The molecule has 0 fully saturated rings. The summed E-state index contributed by atoms with van der Waals surface area (Å²) in [4.78, 5) is 16.8. The van der Waals surface area contributed by atoms with Crippen LogP contribution in [0.2, 0.25) is 0 Å². The fourth-order valence-electron chi connectivity index (χ4n) is 1.46. The molecule has 0 radical (unpaired) electrons. The Morgan fingerprint density at radius 2 is 2.23 bits per heavy atom. The molecule has 1 aliphatic heterocycles. The molecule has 0 saturated carbocycles. The molecule has 0 unspecified atom stereocenters. The summed E-state index contributed by atoms with van der Waals surface area (Å²) in [5, 5.41) is 0. The number of anilines is 1. The summed E-state index contributed by atoms with van der Waals surface area (Å²) in [6, 6.07) is 7.80. The molecule has 1 heterocycles. The maximum atomic E-state index is 10.6. The molecule has 66 valence electrons. The van der Waals surface area contributed by atoms with Gasteiger partial charge in [0.2, 0.25) is 0 Å².